The van der Waals surface area contributed by atoms with Gasteiger partial charge in [0.25, 0.3) is 0 Å². The van der Waals surface area contributed by atoms with Crippen LogP contribution in [0, 0.1) is 5.41 Å². The maximum Gasteiger partial charge on any atom is 0.232 e. The van der Waals surface area contributed by atoms with Crippen molar-refractivity contribution in [3.8, 4) is 0 Å². The molecule has 1 aromatic carbocycles. The molecule has 0 aromatic heterocycles. The lowest BCUT2D eigenvalue weighted by atomic mass is 9.94. The first kappa shape index (κ1) is 12.8. The molecule has 0 radical (unpaired) electrons. The fourth-order valence-electron chi connectivity index (χ4n) is 1.42. The fraction of sp³-hybridized carbons (Fsp3) is 0.417. The highest BCUT2D eigenvalue weighted by Crippen LogP contribution is 2.29. The minimum Gasteiger partial charge on any atom is -0.397 e. The summed E-state index contributed by atoms with van der Waals surface area (Å²) in [5.74, 6) is 0.00136. The van der Waals surface area contributed by atoms with Crippen LogP contribution in [0.15, 0.2) is 18.2 Å². The average molecular weight is 241 g/mol. The molecule has 16 heavy (non-hydrogen) atoms. The molecule has 4 heteroatoms. The van der Waals surface area contributed by atoms with E-state index in [4.69, 9.17) is 17.3 Å². The zero-order chi connectivity index (χ0) is 12.5. The third kappa shape index (κ3) is 2.67. The number of anilines is 2. The SMILES string of the molecule is CN(C(=O)C(C)(C)C)c1cc(Cl)ccc1N. The monoisotopic (exact) mass is 240 g/mol. The summed E-state index contributed by atoms with van der Waals surface area (Å²) in [5, 5.41) is 0.567. The van der Waals surface area contributed by atoms with Crippen molar-refractivity contribution >= 4 is 28.9 Å². The highest BCUT2D eigenvalue weighted by atomic mass is 35.5. The minimum absolute atomic E-state index is 0.00136. The summed E-state index contributed by atoms with van der Waals surface area (Å²) in [6.45, 7) is 5.60. The van der Waals surface area contributed by atoms with Gasteiger partial charge in [0.05, 0.1) is 11.4 Å². The second kappa shape index (κ2) is 4.34. The Morgan fingerprint density at radius 3 is 2.44 bits per heavy atom. The summed E-state index contributed by atoms with van der Waals surface area (Å²) >= 11 is 5.89. The molecule has 0 saturated heterocycles. The number of halogens is 1. The van der Waals surface area contributed by atoms with Gasteiger partial charge in [0.1, 0.15) is 0 Å². The molecule has 0 unspecified atom stereocenters. The molecule has 88 valence electrons. The lowest BCUT2D eigenvalue weighted by Crippen LogP contribution is -2.37. The average Bonchev–Trinajstić information content (AvgIpc) is 2.18. The second-order valence-electron chi connectivity index (χ2n) is 4.82. The first-order valence-corrected chi connectivity index (χ1v) is 5.44. The minimum atomic E-state index is -0.441. The van der Waals surface area contributed by atoms with E-state index in [-0.39, 0.29) is 5.91 Å². The lowest BCUT2D eigenvalue weighted by Gasteiger charge is -2.27. The summed E-state index contributed by atoms with van der Waals surface area (Å²) in [5.41, 5.74) is 6.57. The van der Waals surface area contributed by atoms with Gasteiger partial charge in [-0.15, -0.1) is 0 Å². The summed E-state index contributed by atoms with van der Waals surface area (Å²) < 4.78 is 0. The van der Waals surface area contributed by atoms with Crippen LogP contribution in [-0.2, 0) is 4.79 Å². The molecule has 1 rings (SSSR count). The molecule has 1 amide bonds. The van der Waals surface area contributed by atoms with Crippen LogP contribution < -0.4 is 10.6 Å². The molecular formula is C12H17ClN2O. The van der Waals surface area contributed by atoms with Crippen LogP contribution in [0.25, 0.3) is 0 Å². The molecule has 0 bridgehead atoms. The summed E-state index contributed by atoms with van der Waals surface area (Å²) in [6, 6.07) is 5.10. The topological polar surface area (TPSA) is 46.3 Å². The molecule has 0 heterocycles. The molecule has 2 N–H and O–H groups in total. The normalized spacial score (nSPS) is 11.3. The van der Waals surface area contributed by atoms with Crippen molar-refractivity contribution < 1.29 is 4.79 Å². The molecule has 3 nitrogen and oxygen atoms in total. The van der Waals surface area contributed by atoms with E-state index in [1.165, 1.54) is 0 Å². The van der Waals surface area contributed by atoms with Gasteiger partial charge in [0, 0.05) is 17.5 Å². The van der Waals surface area contributed by atoms with Crippen LogP contribution in [0.2, 0.25) is 5.02 Å². The van der Waals surface area contributed by atoms with Gasteiger partial charge >= 0.3 is 0 Å². The Morgan fingerprint density at radius 2 is 1.94 bits per heavy atom. The van der Waals surface area contributed by atoms with Gasteiger partial charge in [-0.2, -0.15) is 0 Å². The highest BCUT2D eigenvalue weighted by Gasteiger charge is 2.26. The predicted octanol–water partition coefficient (Wildman–Crippen LogP) is 2.93. The van der Waals surface area contributed by atoms with E-state index >= 15 is 0 Å². The lowest BCUT2D eigenvalue weighted by molar-refractivity contribution is -0.125. The van der Waals surface area contributed by atoms with Crippen LogP contribution in [0.5, 0.6) is 0 Å². The van der Waals surface area contributed by atoms with Gasteiger partial charge in [-0.1, -0.05) is 32.4 Å². The number of nitrogens with zero attached hydrogens (tertiary/aromatic N) is 1. The molecule has 1 aromatic rings. The third-order valence-electron chi connectivity index (χ3n) is 2.30. The number of benzene rings is 1. The number of nitrogen functional groups attached to an aromatic ring is 1. The van der Waals surface area contributed by atoms with Gasteiger partial charge in [-0.3, -0.25) is 4.79 Å². The van der Waals surface area contributed by atoms with Crippen molar-refractivity contribution in [1.29, 1.82) is 0 Å². The zero-order valence-electron chi connectivity index (χ0n) is 10.0. The number of nitrogens with two attached hydrogens (primary N) is 1. The number of hydrogen-bond donors (Lipinski definition) is 1. The van der Waals surface area contributed by atoms with E-state index in [1.807, 2.05) is 20.8 Å². The van der Waals surface area contributed by atoms with Crippen molar-refractivity contribution in [2.75, 3.05) is 17.7 Å². The van der Waals surface area contributed by atoms with E-state index in [2.05, 4.69) is 0 Å². The van der Waals surface area contributed by atoms with Crippen LogP contribution >= 0.6 is 11.6 Å². The van der Waals surface area contributed by atoms with Crippen LogP contribution in [0.1, 0.15) is 20.8 Å². The van der Waals surface area contributed by atoms with Gasteiger partial charge in [-0.05, 0) is 18.2 Å². The van der Waals surface area contributed by atoms with Crippen molar-refractivity contribution in [2.45, 2.75) is 20.8 Å². The quantitative estimate of drug-likeness (QED) is 0.768. The number of carbonyl (C=O) groups is 1. The largest absolute Gasteiger partial charge is 0.397 e. The Kier molecular flexibility index (Phi) is 3.48. The zero-order valence-corrected chi connectivity index (χ0v) is 10.8. The van der Waals surface area contributed by atoms with Crippen molar-refractivity contribution in [3.05, 3.63) is 23.2 Å². The number of carbonyl (C=O) groups excluding carboxylic acids is 1. The van der Waals surface area contributed by atoms with Gasteiger partial charge in [0.15, 0.2) is 0 Å². The molecule has 0 atom stereocenters. The second-order valence-corrected chi connectivity index (χ2v) is 5.25. The molecule has 0 spiro atoms. The van der Waals surface area contributed by atoms with E-state index in [1.54, 1.807) is 30.1 Å². The molecule has 0 aliphatic heterocycles. The van der Waals surface area contributed by atoms with E-state index in [0.717, 1.165) is 0 Å². The molecule has 0 aliphatic carbocycles. The number of hydrogen-bond acceptors (Lipinski definition) is 2. The van der Waals surface area contributed by atoms with Crippen LogP contribution in [0.4, 0.5) is 11.4 Å². The number of amides is 1. The molecule has 0 aliphatic rings. The molecular weight excluding hydrogens is 224 g/mol. The highest BCUT2D eigenvalue weighted by molar-refractivity contribution is 6.31. The summed E-state index contributed by atoms with van der Waals surface area (Å²) in [4.78, 5) is 13.6. The standard InChI is InChI=1S/C12H17ClN2O/c1-12(2,3)11(16)15(4)10-7-8(13)5-6-9(10)14/h5-7H,14H2,1-4H3. The maximum atomic E-state index is 12.1. The Balaban J connectivity index is 3.10. The third-order valence-corrected chi connectivity index (χ3v) is 2.54. The first-order valence-electron chi connectivity index (χ1n) is 5.06. The van der Waals surface area contributed by atoms with E-state index < -0.39 is 5.41 Å². The first-order chi connectivity index (χ1) is 7.23. The van der Waals surface area contributed by atoms with E-state index in [9.17, 15) is 4.79 Å². The van der Waals surface area contributed by atoms with Crippen molar-refractivity contribution in [1.82, 2.24) is 0 Å². The van der Waals surface area contributed by atoms with Crippen molar-refractivity contribution in [3.63, 3.8) is 0 Å². The predicted molar refractivity (Wildman–Crippen MR) is 68.7 cm³/mol. The van der Waals surface area contributed by atoms with Crippen LogP contribution in [-0.4, -0.2) is 13.0 Å². The number of rotatable bonds is 1. The van der Waals surface area contributed by atoms with Gasteiger partial charge in [0.2, 0.25) is 5.91 Å². The summed E-state index contributed by atoms with van der Waals surface area (Å²) in [6.07, 6.45) is 0. The summed E-state index contributed by atoms with van der Waals surface area (Å²) in [7, 11) is 1.70. The van der Waals surface area contributed by atoms with Gasteiger partial charge < -0.3 is 10.6 Å². The smallest absolute Gasteiger partial charge is 0.232 e. The molecule has 0 saturated carbocycles. The molecule has 0 fully saturated rings. The fourth-order valence-corrected chi connectivity index (χ4v) is 1.59. The Hall–Kier alpha value is -1.22. The van der Waals surface area contributed by atoms with Gasteiger partial charge in [-0.25, -0.2) is 0 Å². The Morgan fingerprint density at radius 1 is 1.38 bits per heavy atom. The maximum absolute atomic E-state index is 12.1. The Labute approximate surface area is 101 Å². The van der Waals surface area contributed by atoms with E-state index in [0.29, 0.717) is 16.4 Å². The van der Waals surface area contributed by atoms with Crippen LogP contribution in [0.3, 0.4) is 0 Å². The Bertz CT molecular complexity index is 410. The van der Waals surface area contributed by atoms with Crippen molar-refractivity contribution in [2.24, 2.45) is 5.41 Å².